The smallest absolute Gasteiger partial charge is 0.252 e. The first-order valence-corrected chi connectivity index (χ1v) is 6.69. The van der Waals surface area contributed by atoms with Gasteiger partial charge in [0.15, 0.2) is 0 Å². The Kier molecular flexibility index (Phi) is 2.58. The van der Waals surface area contributed by atoms with Gasteiger partial charge < -0.3 is 10.4 Å². The third kappa shape index (κ3) is 1.98. The van der Waals surface area contributed by atoms with Gasteiger partial charge in [0, 0.05) is 11.5 Å². The molecule has 0 saturated carbocycles. The Morgan fingerprint density at radius 2 is 2.16 bits per heavy atom. The number of hydrogen-bond acceptors (Lipinski definition) is 2. The lowest BCUT2D eigenvalue weighted by molar-refractivity contribution is -0.119. The highest BCUT2D eigenvalue weighted by Crippen LogP contribution is 2.51. The molecule has 0 aliphatic heterocycles. The molecule has 0 aromatic heterocycles. The molecule has 0 bridgehead atoms. The number of amides is 1. The van der Waals surface area contributed by atoms with Crippen molar-refractivity contribution >= 4 is 5.91 Å². The third-order valence-corrected chi connectivity index (χ3v) is 4.06. The summed E-state index contributed by atoms with van der Waals surface area (Å²) in [6.07, 6.45) is 8.22. The van der Waals surface area contributed by atoms with Crippen LogP contribution in [-0.4, -0.2) is 23.7 Å². The first-order valence-electron chi connectivity index (χ1n) is 6.69. The highest BCUT2D eigenvalue weighted by Gasteiger charge is 2.40. The molecule has 0 aromatic carbocycles. The fourth-order valence-corrected chi connectivity index (χ4v) is 2.63. The summed E-state index contributed by atoms with van der Waals surface area (Å²) in [5, 5.41) is 12.4. The Bertz CT molecular complexity index is 570. The third-order valence-electron chi connectivity index (χ3n) is 4.06. The Morgan fingerprint density at radius 3 is 2.79 bits per heavy atom. The van der Waals surface area contributed by atoms with Crippen LogP contribution in [0.25, 0.3) is 0 Å². The second-order valence-electron chi connectivity index (χ2n) is 6.48. The van der Waals surface area contributed by atoms with Gasteiger partial charge in [-0.1, -0.05) is 32.9 Å². The Morgan fingerprint density at radius 1 is 1.42 bits per heavy atom. The number of fused-ring (bicyclic) bond motifs is 3. The normalized spacial score (nSPS) is 24.7. The average molecular weight is 257 g/mol. The molecule has 3 rings (SSSR count). The van der Waals surface area contributed by atoms with E-state index in [1.54, 1.807) is 0 Å². The summed E-state index contributed by atoms with van der Waals surface area (Å²) < 4.78 is 0. The van der Waals surface area contributed by atoms with Gasteiger partial charge in [0.25, 0.3) is 5.91 Å². The molecule has 0 saturated heterocycles. The molecule has 2 N–H and O–H groups in total. The number of carbonyl (C=O) groups is 1. The van der Waals surface area contributed by atoms with Gasteiger partial charge in [0.1, 0.15) is 0 Å². The first kappa shape index (κ1) is 12.4. The van der Waals surface area contributed by atoms with E-state index in [1.807, 2.05) is 32.9 Å². The second-order valence-corrected chi connectivity index (χ2v) is 6.48. The van der Waals surface area contributed by atoms with E-state index in [0.717, 1.165) is 11.1 Å². The van der Waals surface area contributed by atoms with Gasteiger partial charge in [-0.15, -0.1) is 0 Å². The van der Waals surface area contributed by atoms with Crippen LogP contribution in [0.4, 0.5) is 0 Å². The van der Waals surface area contributed by atoms with Crippen LogP contribution in [-0.2, 0) is 4.79 Å². The molecular formula is C16H19NO2. The van der Waals surface area contributed by atoms with E-state index >= 15 is 0 Å². The fraction of sp³-hybridized carbons (Fsp3) is 0.438. The van der Waals surface area contributed by atoms with E-state index in [1.165, 1.54) is 11.1 Å². The van der Waals surface area contributed by atoms with E-state index in [0.29, 0.717) is 5.92 Å². The van der Waals surface area contributed by atoms with E-state index in [9.17, 15) is 9.90 Å². The van der Waals surface area contributed by atoms with E-state index < -0.39 is 0 Å². The minimum Gasteiger partial charge on any atom is -0.394 e. The maximum absolute atomic E-state index is 12.3. The van der Waals surface area contributed by atoms with Crippen molar-refractivity contribution in [3.63, 3.8) is 0 Å². The number of rotatable bonds is 3. The van der Waals surface area contributed by atoms with Crippen LogP contribution in [0.1, 0.15) is 20.8 Å². The molecule has 0 unspecified atom stereocenters. The molecule has 3 nitrogen and oxygen atoms in total. The van der Waals surface area contributed by atoms with Gasteiger partial charge >= 0.3 is 0 Å². The van der Waals surface area contributed by atoms with Gasteiger partial charge in [-0.05, 0) is 34.3 Å². The predicted octanol–water partition coefficient (Wildman–Crippen LogP) is 1.87. The van der Waals surface area contributed by atoms with Crippen molar-refractivity contribution in [1.82, 2.24) is 5.32 Å². The van der Waals surface area contributed by atoms with Gasteiger partial charge in [-0.2, -0.15) is 0 Å². The van der Waals surface area contributed by atoms with Crippen LogP contribution >= 0.6 is 0 Å². The largest absolute Gasteiger partial charge is 0.394 e. The zero-order valence-electron chi connectivity index (χ0n) is 11.5. The standard InChI is InChI=1S/C16H19NO2/c1-16(2,3)14(8-18)17-15(19)11-5-4-10-12-6-9(12)7-13(10)11/h4-7,12,14,18H,8H2,1-3H3,(H,17,19)/t12-,14+/m0/s1. The summed E-state index contributed by atoms with van der Waals surface area (Å²) in [5.41, 5.74) is 4.20. The van der Waals surface area contributed by atoms with E-state index in [4.69, 9.17) is 0 Å². The van der Waals surface area contributed by atoms with Crippen molar-refractivity contribution in [2.45, 2.75) is 26.8 Å². The molecule has 0 aromatic rings. The predicted molar refractivity (Wildman–Crippen MR) is 74.3 cm³/mol. The quantitative estimate of drug-likeness (QED) is 0.811. The molecule has 3 aliphatic rings. The zero-order valence-corrected chi connectivity index (χ0v) is 11.5. The summed E-state index contributed by atoms with van der Waals surface area (Å²) in [6, 6.07) is -0.235. The molecule has 0 heterocycles. The van der Waals surface area contributed by atoms with Gasteiger partial charge in [-0.25, -0.2) is 0 Å². The van der Waals surface area contributed by atoms with Crippen molar-refractivity contribution in [2.24, 2.45) is 11.3 Å². The van der Waals surface area contributed by atoms with Crippen molar-refractivity contribution in [3.8, 4) is 0 Å². The fourth-order valence-electron chi connectivity index (χ4n) is 2.63. The first-order chi connectivity index (χ1) is 8.91. The van der Waals surface area contributed by atoms with E-state index in [-0.39, 0.29) is 24.0 Å². The molecule has 3 aliphatic carbocycles. The number of allylic oxidation sites excluding steroid dienone is 6. The highest BCUT2D eigenvalue weighted by molar-refractivity contribution is 6.02. The lowest BCUT2D eigenvalue weighted by Gasteiger charge is -2.30. The monoisotopic (exact) mass is 257 g/mol. The van der Waals surface area contributed by atoms with Crippen LogP contribution in [0.2, 0.25) is 0 Å². The minimum atomic E-state index is -0.235. The molecule has 0 fully saturated rings. The Hall–Kier alpha value is -1.61. The molecule has 19 heavy (non-hydrogen) atoms. The van der Waals surface area contributed by atoms with Gasteiger partial charge in [0.05, 0.1) is 12.6 Å². The number of hydrogen-bond donors (Lipinski definition) is 2. The van der Waals surface area contributed by atoms with Gasteiger partial charge in [0.2, 0.25) is 0 Å². The van der Waals surface area contributed by atoms with Crippen molar-refractivity contribution < 1.29 is 9.90 Å². The molecule has 3 heteroatoms. The summed E-state index contributed by atoms with van der Waals surface area (Å²) in [6.45, 7) is 5.98. The SMILES string of the molecule is CC(C)(C)[C@@H](CO)NC(=O)C1=CC=C2C1=CC1=C[C@@H]12. The van der Waals surface area contributed by atoms with Crippen LogP contribution in [0.5, 0.6) is 0 Å². The highest BCUT2D eigenvalue weighted by atomic mass is 16.3. The summed E-state index contributed by atoms with van der Waals surface area (Å²) >= 11 is 0. The minimum absolute atomic E-state index is 0.0460. The van der Waals surface area contributed by atoms with Crippen LogP contribution in [0, 0.1) is 11.3 Å². The summed E-state index contributed by atoms with van der Waals surface area (Å²) in [4.78, 5) is 12.3. The van der Waals surface area contributed by atoms with Gasteiger partial charge in [-0.3, -0.25) is 4.79 Å². The number of aliphatic hydroxyl groups excluding tert-OH is 1. The number of aliphatic hydroxyl groups is 1. The van der Waals surface area contributed by atoms with Crippen LogP contribution < -0.4 is 5.32 Å². The molecule has 0 spiro atoms. The zero-order chi connectivity index (χ0) is 13.8. The molecule has 2 atom stereocenters. The lowest BCUT2D eigenvalue weighted by Crippen LogP contribution is -2.46. The summed E-state index contributed by atoms with van der Waals surface area (Å²) in [7, 11) is 0. The van der Waals surface area contributed by atoms with Crippen molar-refractivity contribution in [2.75, 3.05) is 6.61 Å². The molecular weight excluding hydrogens is 238 g/mol. The maximum Gasteiger partial charge on any atom is 0.252 e. The average Bonchev–Trinajstić information content (AvgIpc) is 2.82. The molecule has 1 amide bonds. The summed E-state index contributed by atoms with van der Waals surface area (Å²) in [5.74, 6) is 0.376. The molecule has 100 valence electrons. The Balaban J connectivity index is 1.73. The number of nitrogens with one attached hydrogen (secondary N) is 1. The topological polar surface area (TPSA) is 49.3 Å². The van der Waals surface area contributed by atoms with E-state index in [2.05, 4.69) is 17.5 Å². The second kappa shape index (κ2) is 3.94. The number of carbonyl (C=O) groups excluding carboxylic acids is 1. The van der Waals surface area contributed by atoms with Crippen LogP contribution in [0.15, 0.2) is 46.6 Å². The van der Waals surface area contributed by atoms with Crippen molar-refractivity contribution in [3.05, 3.63) is 46.6 Å². The van der Waals surface area contributed by atoms with Crippen molar-refractivity contribution in [1.29, 1.82) is 0 Å². The lowest BCUT2D eigenvalue weighted by atomic mass is 9.87. The molecule has 0 radical (unpaired) electrons. The maximum atomic E-state index is 12.3. The van der Waals surface area contributed by atoms with Crippen LogP contribution in [0.3, 0.4) is 0 Å². The Labute approximate surface area is 113 Å².